The molecular weight excluding hydrogens is 476 g/mol. The number of carbonyl (C=O) groups is 2. The molecule has 2 aromatic rings. The van der Waals surface area contributed by atoms with Gasteiger partial charge in [-0.2, -0.15) is 13.9 Å². The molecule has 0 radical (unpaired) electrons. The molecule has 0 saturated heterocycles. The van der Waals surface area contributed by atoms with E-state index in [1.807, 2.05) is 0 Å². The SMILES string of the molecule is Cc1nn(C(F)F)cc1S(=O)(=O)N1C[C@H](CC(=O)O)Oc2ccc(CC(=O)OC(C)(C)C)cc21. The van der Waals surface area contributed by atoms with Crippen molar-refractivity contribution in [2.45, 2.75) is 63.7 Å². The topological polar surface area (TPSA) is 128 Å². The standard InChI is InChI=1S/C21H25F2N3O7S/c1-12-17(11-25(24-12)20(22)23)34(30,31)26-10-14(9-18(27)28)32-16-6-5-13(7-15(16)26)8-19(29)33-21(2,3)4/h5-7,11,14,20H,8-10H2,1-4H3,(H,27,28)/t14-/m0/s1. The van der Waals surface area contributed by atoms with Gasteiger partial charge in [0, 0.05) is 0 Å². The Morgan fingerprint density at radius 1 is 1.32 bits per heavy atom. The van der Waals surface area contributed by atoms with E-state index in [1.54, 1.807) is 20.8 Å². The fourth-order valence-electron chi connectivity index (χ4n) is 3.48. The monoisotopic (exact) mass is 501 g/mol. The molecule has 13 heteroatoms. The maximum Gasteiger partial charge on any atom is 0.333 e. The second kappa shape index (κ2) is 9.20. The second-order valence-electron chi connectivity index (χ2n) is 8.78. The number of ether oxygens (including phenoxy) is 2. The smallest absolute Gasteiger partial charge is 0.333 e. The first-order valence-corrected chi connectivity index (χ1v) is 11.7. The van der Waals surface area contributed by atoms with Gasteiger partial charge in [0.1, 0.15) is 22.4 Å². The number of aromatic nitrogens is 2. The summed E-state index contributed by atoms with van der Waals surface area (Å²) in [4.78, 5) is 23.0. The summed E-state index contributed by atoms with van der Waals surface area (Å²) in [6.45, 7) is 3.00. The van der Waals surface area contributed by atoms with Crippen LogP contribution >= 0.6 is 0 Å². The van der Waals surface area contributed by atoms with Crippen LogP contribution in [0.4, 0.5) is 14.5 Å². The van der Waals surface area contributed by atoms with Crippen LogP contribution in [-0.2, 0) is 30.8 Å². The summed E-state index contributed by atoms with van der Waals surface area (Å²) in [5, 5.41) is 12.7. The zero-order valence-electron chi connectivity index (χ0n) is 19.0. The Balaban J connectivity index is 2.04. The van der Waals surface area contributed by atoms with Crippen LogP contribution in [0.15, 0.2) is 29.3 Å². The van der Waals surface area contributed by atoms with Gasteiger partial charge < -0.3 is 14.6 Å². The molecule has 186 valence electrons. The third kappa shape index (κ3) is 5.64. The zero-order valence-corrected chi connectivity index (χ0v) is 19.8. The van der Waals surface area contributed by atoms with E-state index in [4.69, 9.17) is 14.6 Å². The number of carbonyl (C=O) groups excluding carboxylic acids is 1. The molecule has 1 N–H and O–H groups in total. The molecule has 2 heterocycles. The van der Waals surface area contributed by atoms with E-state index < -0.39 is 51.5 Å². The maximum atomic E-state index is 13.5. The van der Waals surface area contributed by atoms with Crippen LogP contribution in [0, 0.1) is 6.92 Å². The van der Waals surface area contributed by atoms with Gasteiger partial charge in [0.05, 0.1) is 37.0 Å². The highest BCUT2D eigenvalue weighted by molar-refractivity contribution is 7.92. The summed E-state index contributed by atoms with van der Waals surface area (Å²) in [7, 11) is -4.43. The quantitative estimate of drug-likeness (QED) is 0.574. The maximum absolute atomic E-state index is 13.5. The number of fused-ring (bicyclic) bond motifs is 1. The summed E-state index contributed by atoms with van der Waals surface area (Å²) in [6, 6.07) is 4.39. The minimum atomic E-state index is -4.43. The van der Waals surface area contributed by atoms with Crippen LogP contribution in [0.1, 0.15) is 45.0 Å². The number of halogens is 2. The van der Waals surface area contributed by atoms with Crippen molar-refractivity contribution in [2.24, 2.45) is 0 Å². The minimum Gasteiger partial charge on any atom is -0.486 e. The number of hydrogen-bond acceptors (Lipinski definition) is 7. The fourth-order valence-corrected chi connectivity index (χ4v) is 5.13. The average molecular weight is 502 g/mol. The molecule has 1 aromatic heterocycles. The van der Waals surface area contributed by atoms with Crippen molar-refractivity contribution in [1.82, 2.24) is 9.78 Å². The number of alkyl halides is 2. The number of sulfonamides is 1. The minimum absolute atomic E-state index is 0.0481. The van der Waals surface area contributed by atoms with Gasteiger partial charge in [-0.3, -0.25) is 13.9 Å². The average Bonchev–Trinajstić information content (AvgIpc) is 3.08. The molecule has 0 saturated carbocycles. The first kappa shape index (κ1) is 25.4. The number of rotatable bonds is 7. The van der Waals surface area contributed by atoms with E-state index in [0.717, 1.165) is 10.5 Å². The first-order valence-electron chi connectivity index (χ1n) is 10.3. The lowest BCUT2D eigenvalue weighted by Crippen LogP contribution is -2.44. The zero-order chi connectivity index (χ0) is 25.4. The van der Waals surface area contributed by atoms with Crippen molar-refractivity contribution in [1.29, 1.82) is 0 Å². The molecule has 0 bridgehead atoms. The summed E-state index contributed by atoms with van der Waals surface area (Å²) >= 11 is 0. The fraction of sp³-hybridized carbons (Fsp3) is 0.476. The molecule has 1 aromatic carbocycles. The van der Waals surface area contributed by atoms with E-state index >= 15 is 0 Å². The lowest BCUT2D eigenvalue weighted by atomic mass is 10.1. The number of benzene rings is 1. The summed E-state index contributed by atoms with van der Waals surface area (Å²) in [5.74, 6) is -1.65. The van der Waals surface area contributed by atoms with Crippen molar-refractivity contribution in [3.8, 4) is 5.75 Å². The number of carboxylic acid groups (broad SMARTS) is 1. The Morgan fingerprint density at radius 2 is 2.00 bits per heavy atom. The molecule has 0 spiro atoms. The van der Waals surface area contributed by atoms with Crippen LogP contribution in [0.2, 0.25) is 0 Å². The molecule has 0 amide bonds. The van der Waals surface area contributed by atoms with Crippen molar-refractivity contribution in [3.05, 3.63) is 35.7 Å². The van der Waals surface area contributed by atoms with E-state index in [-0.39, 0.29) is 34.8 Å². The van der Waals surface area contributed by atoms with Crippen LogP contribution < -0.4 is 9.04 Å². The molecule has 1 aliphatic heterocycles. The van der Waals surface area contributed by atoms with Gasteiger partial charge in [0.2, 0.25) is 0 Å². The number of aliphatic carboxylic acids is 1. The lowest BCUT2D eigenvalue weighted by Gasteiger charge is -2.35. The third-order valence-corrected chi connectivity index (χ3v) is 6.65. The molecule has 3 rings (SSSR count). The molecule has 34 heavy (non-hydrogen) atoms. The van der Waals surface area contributed by atoms with Crippen LogP contribution in [0.25, 0.3) is 0 Å². The van der Waals surface area contributed by atoms with Crippen LogP contribution in [-0.4, -0.2) is 53.5 Å². The summed E-state index contributed by atoms with van der Waals surface area (Å²) in [5.41, 5.74) is -0.385. The van der Waals surface area contributed by atoms with Gasteiger partial charge in [-0.15, -0.1) is 0 Å². The van der Waals surface area contributed by atoms with E-state index in [1.165, 1.54) is 25.1 Å². The number of hydrogen-bond donors (Lipinski definition) is 1. The van der Waals surface area contributed by atoms with Gasteiger partial charge in [0.15, 0.2) is 0 Å². The van der Waals surface area contributed by atoms with Gasteiger partial charge in [-0.1, -0.05) is 6.07 Å². The Labute approximate surface area is 195 Å². The summed E-state index contributed by atoms with van der Waals surface area (Å²) < 4.78 is 65.3. The molecule has 0 aliphatic carbocycles. The Morgan fingerprint density at radius 3 is 2.56 bits per heavy atom. The molecular formula is C21H25F2N3O7S. The predicted octanol–water partition coefficient (Wildman–Crippen LogP) is 2.90. The molecule has 1 aliphatic rings. The first-order chi connectivity index (χ1) is 15.7. The van der Waals surface area contributed by atoms with Crippen LogP contribution in [0.5, 0.6) is 5.75 Å². The summed E-state index contributed by atoms with van der Waals surface area (Å²) in [6.07, 6.45) is -0.942. The van der Waals surface area contributed by atoms with Crippen LogP contribution in [0.3, 0.4) is 0 Å². The van der Waals surface area contributed by atoms with Gasteiger partial charge in [-0.05, 0) is 45.4 Å². The highest BCUT2D eigenvalue weighted by Gasteiger charge is 2.37. The largest absolute Gasteiger partial charge is 0.486 e. The molecule has 10 nitrogen and oxygen atoms in total. The van der Waals surface area contributed by atoms with E-state index in [2.05, 4.69) is 5.10 Å². The van der Waals surface area contributed by atoms with E-state index in [0.29, 0.717) is 5.56 Å². The molecule has 0 fully saturated rings. The molecule has 0 unspecified atom stereocenters. The predicted molar refractivity (Wildman–Crippen MR) is 115 cm³/mol. The number of carboxylic acids is 1. The van der Waals surface area contributed by atoms with Crippen molar-refractivity contribution in [3.63, 3.8) is 0 Å². The third-order valence-electron chi connectivity index (χ3n) is 4.77. The second-order valence-corrected chi connectivity index (χ2v) is 10.6. The molecule has 1 atom stereocenters. The number of aryl methyl sites for hydroxylation is 1. The Bertz CT molecular complexity index is 1210. The Kier molecular flexibility index (Phi) is 6.87. The Hall–Kier alpha value is -3.22. The normalized spacial score (nSPS) is 16.2. The lowest BCUT2D eigenvalue weighted by molar-refractivity contribution is -0.154. The van der Waals surface area contributed by atoms with Gasteiger partial charge >= 0.3 is 18.5 Å². The number of nitrogens with zero attached hydrogens (tertiary/aromatic N) is 3. The van der Waals surface area contributed by atoms with E-state index in [9.17, 15) is 26.8 Å². The number of esters is 1. The van der Waals surface area contributed by atoms with Gasteiger partial charge in [-0.25, -0.2) is 13.1 Å². The number of anilines is 1. The van der Waals surface area contributed by atoms with Crippen molar-refractivity contribution < 1.29 is 41.4 Å². The van der Waals surface area contributed by atoms with Gasteiger partial charge in [0.25, 0.3) is 10.0 Å². The highest BCUT2D eigenvalue weighted by atomic mass is 32.2. The highest BCUT2D eigenvalue weighted by Crippen LogP contribution is 2.39. The van der Waals surface area contributed by atoms with Crippen molar-refractivity contribution in [2.75, 3.05) is 10.8 Å². The van der Waals surface area contributed by atoms with Crippen molar-refractivity contribution >= 4 is 27.6 Å².